The highest BCUT2D eigenvalue weighted by Crippen LogP contribution is 2.39. The highest BCUT2D eigenvalue weighted by Gasteiger charge is 2.25. The molecule has 0 spiro atoms. The number of anilines is 1. The summed E-state index contributed by atoms with van der Waals surface area (Å²) in [6.45, 7) is 4.25. The van der Waals surface area contributed by atoms with Crippen molar-refractivity contribution in [3.8, 4) is 11.3 Å². The first kappa shape index (κ1) is 18.3. The van der Waals surface area contributed by atoms with Gasteiger partial charge in [-0.15, -0.1) is 0 Å². The van der Waals surface area contributed by atoms with Gasteiger partial charge in [-0.05, 0) is 25.5 Å². The molecule has 0 atom stereocenters. The molecule has 3 aromatic rings. The summed E-state index contributed by atoms with van der Waals surface area (Å²) in [5.41, 5.74) is 5.83. The predicted molar refractivity (Wildman–Crippen MR) is 109 cm³/mol. The zero-order valence-corrected chi connectivity index (χ0v) is 16.3. The maximum absolute atomic E-state index is 12.4. The van der Waals surface area contributed by atoms with E-state index >= 15 is 0 Å². The zero-order valence-electron chi connectivity index (χ0n) is 15.6. The van der Waals surface area contributed by atoms with E-state index in [9.17, 15) is 4.79 Å². The van der Waals surface area contributed by atoms with Crippen LogP contribution < -0.4 is 4.90 Å². The van der Waals surface area contributed by atoms with E-state index in [1.165, 1.54) is 0 Å². The lowest BCUT2D eigenvalue weighted by Crippen LogP contribution is -2.13. The minimum absolute atomic E-state index is 0.0706. The molecule has 0 saturated heterocycles. The van der Waals surface area contributed by atoms with Gasteiger partial charge in [0.25, 0.3) is 0 Å². The third-order valence-corrected chi connectivity index (χ3v) is 5.00. The van der Waals surface area contributed by atoms with Crippen LogP contribution in [-0.2, 0) is 6.54 Å². The average molecular weight is 367 g/mol. The Morgan fingerprint density at radius 1 is 1.04 bits per heavy atom. The number of rotatable bonds is 5. The maximum atomic E-state index is 12.4. The van der Waals surface area contributed by atoms with E-state index in [1.807, 2.05) is 68.4 Å². The summed E-state index contributed by atoms with van der Waals surface area (Å²) < 4.78 is 2.20. The molecule has 2 aromatic carbocycles. The molecular weight excluding hydrogens is 344 g/mol. The molecule has 0 fully saturated rings. The second-order valence-electron chi connectivity index (χ2n) is 6.65. The van der Waals surface area contributed by atoms with Crippen molar-refractivity contribution < 1.29 is 4.79 Å². The number of halogens is 1. The van der Waals surface area contributed by atoms with Crippen molar-refractivity contribution in [1.29, 1.82) is 0 Å². The zero-order chi connectivity index (χ0) is 18.8. The molecular formula is C22H23ClN2O. The number of benzene rings is 2. The molecule has 0 amide bonds. The molecule has 3 nitrogen and oxygen atoms in total. The quantitative estimate of drug-likeness (QED) is 0.562. The smallest absolute Gasteiger partial charge is 0.163 e. The lowest BCUT2D eigenvalue weighted by Gasteiger charge is -2.18. The number of hydrogen-bond acceptors (Lipinski definition) is 2. The van der Waals surface area contributed by atoms with Gasteiger partial charge in [0, 0.05) is 36.9 Å². The first-order valence-electron chi connectivity index (χ1n) is 8.62. The standard InChI is InChI=1S/C22H23ClN2O/c1-15-20(16(2)26)22(24(3)4)21(17-10-6-5-7-11-17)25(15)14-18-12-8-9-13-19(18)23/h5-13H,14H2,1-4H3. The van der Waals surface area contributed by atoms with E-state index in [2.05, 4.69) is 16.7 Å². The fourth-order valence-electron chi connectivity index (χ4n) is 3.46. The summed E-state index contributed by atoms with van der Waals surface area (Å²) >= 11 is 6.41. The van der Waals surface area contributed by atoms with Crippen molar-refractivity contribution in [2.75, 3.05) is 19.0 Å². The Morgan fingerprint density at radius 2 is 1.65 bits per heavy atom. The maximum Gasteiger partial charge on any atom is 0.163 e. The molecule has 0 radical (unpaired) electrons. The second kappa shape index (κ2) is 7.38. The summed E-state index contributed by atoms with van der Waals surface area (Å²) in [7, 11) is 3.96. The van der Waals surface area contributed by atoms with Gasteiger partial charge >= 0.3 is 0 Å². The number of carbonyl (C=O) groups excluding carboxylic acids is 1. The number of Topliss-reactive ketones (excluding diaryl/α,β-unsaturated/α-hetero) is 1. The first-order valence-corrected chi connectivity index (χ1v) is 8.99. The molecule has 0 saturated carbocycles. The summed E-state index contributed by atoms with van der Waals surface area (Å²) in [6, 6.07) is 18.0. The predicted octanol–water partition coefficient (Wildman–Crippen LogP) is 5.43. The van der Waals surface area contributed by atoms with Crippen LogP contribution in [0.4, 0.5) is 5.69 Å². The minimum atomic E-state index is 0.0706. The molecule has 0 aliphatic heterocycles. The SMILES string of the molecule is CC(=O)c1c(N(C)C)c(-c2ccccc2)n(Cc2ccccc2Cl)c1C. The van der Waals surface area contributed by atoms with Crippen LogP contribution in [-0.4, -0.2) is 24.4 Å². The molecule has 1 heterocycles. The van der Waals surface area contributed by atoms with Crippen molar-refractivity contribution in [3.63, 3.8) is 0 Å². The molecule has 0 bridgehead atoms. The Kier molecular flexibility index (Phi) is 5.19. The van der Waals surface area contributed by atoms with Crippen LogP contribution in [0.25, 0.3) is 11.3 Å². The molecule has 0 N–H and O–H groups in total. The van der Waals surface area contributed by atoms with E-state index in [1.54, 1.807) is 6.92 Å². The van der Waals surface area contributed by atoms with Crippen LogP contribution >= 0.6 is 11.6 Å². The Hall–Kier alpha value is -2.52. The van der Waals surface area contributed by atoms with Gasteiger partial charge in [0.05, 0.1) is 16.9 Å². The third kappa shape index (κ3) is 3.27. The number of hydrogen-bond donors (Lipinski definition) is 0. The third-order valence-electron chi connectivity index (χ3n) is 4.63. The minimum Gasteiger partial charge on any atom is -0.375 e. The lowest BCUT2D eigenvalue weighted by atomic mass is 10.1. The van der Waals surface area contributed by atoms with E-state index in [-0.39, 0.29) is 5.78 Å². The molecule has 0 aliphatic rings. The number of nitrogens with zero attached hydrogens (tertiary/aromatic N) is 2. The summed E-state index contributed by atoms with van der Waals surface area (Å²) in [5.74, 6) is 0.0706. The monoisotopic (exact) mass is 366 g/mol. The Balaban J connectivity index is 2.30. The number of aromatic nitrogens is 1. The molecule has 3 rings (SSSR count). The van der Waals surface area contributed by atoms with Crippen LogP contribution in [0.5, 0.6) is 0 Å². The van der Waals surface area contributed by atoms with Gasteiger partial charge in [0.15, 0.2) is 5.78 Å². The van der Waals surface area contributed by atoms with E-state index in [4.69, 9.17) is 11.6 Å². The largest absolute Gasteiger partial charge is 0.375 e. The van der Waals surface area contributed by atoms with Crippen molar-refractivity contribution in [1.82, 2.24) is 4.57 Å². The second-order valence-corrected chi connectivity index (χ2v) is 7.06. The van der Waals surface area contributed by atoms with Gasteiger partial charge in [-0.3, -0.25) is 4.79 Å². The average Bonchev–Trinajstić information content (AvgIpc) is 2.91. The normalized spacial score (nSPS) is 10.8. The van der Waals surface area contributed by atoms with Crippen LogP contribution in [0.1, 0.15) is 28.5 Å². The number of carbonyl (C=O) groups is 1. The molecule has 0 unspecified atom stereocenters. The first-order chi connectivity index (χ1) is 12.4. The lowest BCUT2D eigenvalue weighted by molar-refractivity contribution is 0.101. The van der Waals surface area contributed by atoms with Crippen LogP contribution in [0.2, 0.25) is 5.02 Å². The molecule has 0 aliphatic carbocycles. The van der Waals surface area contributed by atoms with Crippen LogP contribution in [0.3, 0.4) is 0 Å². The van der Waals surface area contributed by atoms with E-state index in [0.717, 1.165) is 38.8 Å². The van der Waals surface area contributed by atoms with Crippen molar-refractivity contribution in [2.45, 2.75) is 20.4 Å². The van der Waals surface area contributed by atoms with Gasteiger partial charge in [0.1, 0.15) is 0 Å². The van der Waals surface area contributed by atoms with Gasteiger partial charge in [-0.1, -0.05) is 60.1 Å². The summed E-state index contributed by atoms with van der Waals surface area (Å²) in [4.78, 5) is 14.5. The van der Waals surface area contributed by atoms with Gasteiger partial charge in [-0.2, -0.15) is 0 Å². The molecule has 26 heavy (non-hydrogen) atoms. The van der Waals surface area contributed by atoms with E-state index < -0.39 is 0 Å². The number of ketones is 1. The van der Waals surface area contributed by atoms with Crippen molar-refractivity contribution in [3.05, 3.63) is 76.4 Å². The molecule has 134 valence electrons. The van der Waals surface area contributed by atoms with Gasteiger partial charge < -0.3 is 9.47 Å². The Labute approximate surface area is 159 Å². The van der Waals surface area contributed by atoms with Gasteiger partial charge in [0.2, 0.25) is 0 Å². The van der Waals surface area contributed by atoms with Crippen LogP contribution in [0.15, 0.2) is 54.6 Å². The Morgan fingerprint density at radius 3 is 2.23 bits per heavy atom. The van der Waals surface area contributed by atoms with Gasteiger partial charge in [-0.25, -0.2) is 0 Å². The van der Waals surface area contributed by atoms with E-state index in [0.29, 0.717) is 6.54 Å². The Bertz CT molecular complexity index is 942. The topological polar surface area (TPSA) is 25.2 Å². The molecule has 4 heteroatoms. The fourth-order valence-corrected chi connectivity index (χ4v) is 3.66. The summed E-state index contributed by atoms with van der Waals surface area (Å²) in [6.07, 6.45) is 0. The van der Waals surface area contributed by atoms with Crippen molar-refractivity contribution in [2.24, 2.45) is 0 Å². The van der Waals surface area contributed by atoms with Crippen molar-refractivity contribution >= 4 is 23.1 Å². The summed E-state index contributed by atoms with van der Waals surface area (Å²) in [5, 5.41) is 0.732. The fraction of sp³-hybridized carbons (Fsp3) is 0.227. The molecule has 1 aromatic heterocycles. The highest BCUT2D eigenvalue weighted by atomic mass is 35.5. The van der Waals surface area contributed by atoms with Crippen LogP contribution in [0, 0.1) is 6.92 Å². The highest BCUT2D eigenvalue weighted by molar-refractivity contribution is 6.31.